The Hall–Kier alpha value is -2.07. The van der Waals surface area contributed by atoms with Crippen molar-refractivity contribution in [2.24, 2.45) is 5.92 Å². The summed E-state index contributed by atoms with van der Waals surface area (Å²) in [5.41, 5.74) is 2.22. The largest absolute Gasteiger partial charge is 0.348 e. The number of aryl methyl sites for hydroxylation is 1. The minimum atomic E-state index is -0.395. The minimum Gasteiger partial charge on any atom is -0.348 e. The van der Waals surface area contributed by atoms with Gasteiger partial charge in [-0.2, -0.15) is 0 Å². The number of pyridine rings is 1. The Kier molecular flexibility index (Phi) is 7.66. The first kappa shape index (κ1) is 21.2. The second-order valence-corrected chi connectivity index (χ2v) is 7.77. The van der Waals surface area contributed by atoms with Crippen LogP contribution >= 0.6 is 11.6 Å². The summed E-state index contributed by atoms with van der Waals surface area (Å²) in [5.74, 6) is -0.0662. The van der Waals surface area contributed by atoms with Gasteiger partial charge in [-0.05, 0) is 37.8 Å². The first-order valence-corrected chi connectivity index (χ1v) is 10.0. The van der Waals surface area contributed by atoms with Gasteiger partial charge in [0.1, 0.15) is 5.56 Å². The van der Waals surface area contributed by atoms with E-state index in [1.165, 1.54) is 0 Å². The number of benzene rings is 1. The number of nitrogens with zero attached hydrogens (tertiary/aromatic N) is 1. The molecule has 0 aliphatic carbocycles. The van der Waals surface area contributed by atoms with Gasteiger partial charge in [-0.25, -0.2) is 0 Å². The van der Waals surface area contributed by atoms with Gasteiger partial charge in [0.15, 0.2) is 5.43 Å². The molecular weight excluding hydrogens is 360 g/mol. The molecule has 146 valence electrons. The van der Waals surface area contributed by atoms with E-state index in [0.717, 1.165) is 37.2 Å². The molecule has 1 aromatic carbocycles. The van der Waals surface area contributed by atoms with E-state index in [1.54, 1.807) is 30.3 Å². The van der Waals surface area contributed by atoms with Gasteiger partial charge in [0, 0.05) is 24.0 Å². The standard InChI is InChI=1S/C22H29ClN2O2/c1-5-6-9-12-25-16(4)14-20(26)21(19(25)13-15(2)3)22(27)24-18-11-8-7-10-17(18)23/h7-8,10-11,14-15H,5-6,9,12-13H2,1-4H3,(H,24,27). The number of halogens is 1. The Morgan fingerprint density at radius 1 is 1.22 bits per heavy atom. The van der Waals surface area contributed by atoms with E-state index in [2.05, 4.69) is 30.7 Å². The van der Waals surface area contributed by atoms with Crippen molar-refractivity contribution in [2.45, 2.75) is 59.9 Å². The van der Waals surface area contributed by atoms with Crippen LogP contribution < -0.4 is 10.7 Å². The summed E-state index contributed by atoms with van der Waals surface area (Å²) in [6.45, 7) is 9.11. The molecule has 1 aromatic heterocycles. The first-order chi connectivity index (χ1) is 12.8. The van der Waals surface area contributed by atoms with Crippen LogP contribution in [0.3, 0.4) is 0 Å². The number of aromatic nitrogens is 1. The van der Waals surface area contributed by atoms with Gasteiger partial charge >= 0.3 is 0 Å². The van der Waals surface area contributed by atoms with Crippen molar-refractivity contribution in [1.82, 2.24) is 4.57 Å². The molecule has 0 unspecified atom stereocenters. The molecular formula is C22H29ClN2O2. The van der Waals surface area contributed by atoms with Gasteiger partial charge < -0.3 is 9.88 Å². The molecule has 0 saturated carbocycles. The lowest BCUT2D eigenvalue weighted by atomic mass is 10.0. The van der Waals surface area contributed by atoms with Crippen LogP contribution in [0.15, 0.2) is 35.1 Å². The van der Waals surface area contributed by atoms with Gasteiger partial charge in [0.25, 0.3) is 5.91 Å². The summed E-state index contributed by atoms with van der Waals surface area (Å²) < 4.78 is 2.14. The topological polar surface area (TPSA) is 51.1 Å². The SMILES string of the molecule is CCCCCn1c(C)cc(=O)c(C(=O)Nc2ccccc2Cl)c1CC(C)C. The average Bonchev–Trinajstić information content (AvgIpc) is 2.59. The minimum absolute atomic E-state index is 0.228. The third-order valence-electron chi connectivity index (χ3n) is 4.56. The number of carbonyl (C=O) groups is 1. The highest BCUT2D eigenvalue weighted by Crippen LogP contribution is 2.22. The monoisotopic (exact) mass is 388 g/mol. The second-order valence-electron chi connectivity index (χ2n) is 7.36. The van der Waals surface area contributed by atoms with Crippen LogP contribution in [-0.4, -0.2) is 10.5 Å². The fourth-order valence-corrected chi connectivity index (χ4v) is 3.43. The van der Waals surface area contributed by atoms with E-state index in [9.17, 15) is 9.59 Å². The number of para-hydroxylation sites is 1. The summed E-state index contributed by atoms with van der Waals surface area (Å²) >= 11 is 6.16. The first-order valence-electron chi connectivity index (χ1n) is 9.64. The fourth-order valence-electron chi connectivity index (χ4n) is 3.25. The Balaban J connectivity index is 2.49. The van der Waals surface area contributed by atoms with Crippen molar-refractivity contribution >= 4 is 23.2 Å². The van der Waals surface area contributed by atoms with Gasteiger partial charge in [-0.3, -0.25) is 9.59 Å². The molecule has 1 N–H and O–H groups in total. The molecule has 0 aliphatic heterocycles. The van der Waals surface area contributed by atoms with Crippen molar-refractivity contribution in [3.63, 3.8) is 0 Å². The highest BCUT2D eigenvalue weighted by atomic mass is 35.5. The van der Waals surface area contributed by atoms with Crippen molar-refractivity contribution in [3.05, 3.63) is 62.5 Å². The van der Waals surface area contributed by atoms with Crippen LogP contribution in [0.25, 0.3) is 0 Å². The molecule has 2 rings (SSSR count). The summed E-state index contributed by atoms with van der Waals surface area (Å²) in [5, 5.41) is 3.26. The molecule has 1 amide bonds. The molecule has 5 heteroatoms. The third kappa shape index (κ3) is 5.46. The highest BCUT2D eigenvalue weighted by Gasteiger charge is 2.21. The summed E-state index contributed by atoms with van der Waals surface area (Å²) in [7, 11) is 0. The zero-order chi connectivity index (χ0) is 20.0. The quantitative estimate of drug-likeness (QED) is 0.611. The summed E-state index contributed by atoms with van der Waals surface area (Å²) in [4.78, 5) is 25.7. The fraction of sp³-hybridized carbons (Fsp3) is 0.455. The van der Waals surface area contributed by atoms with Crippen LogP contribution in [-0.2, 0) is 13.0 Å². The number of unbranched alkanes of at least 4 members (excludes halogenated alkanes) is 2. The molecule has 4 nitrogen and oxygen atoms in total. The van der Waals surface area contributed by atoms with Crippen molar-refractivity contribution in [1.29, 1.82) is 0 Å². The van der Waals surface area contributed by atoms with E-state index in [4.69, 9.17) is 11.6 Å². The maximum atomic E-state index is 13.0. The molecule has 27 heavy (non-hydrogen) atoms. The lowest BCUT2D eigenvalue weighted by molar-refractivity contribution is 0.102. The van der Waals surface area contributed by atoms with Gasteiger partial charge in [-0.1, -0.05) is 57.3 Å². The lowest BCUT2D eigenvalue weighted by Gasteiger charge is -2.21. The maximum Gasteiger partial charge on any atom is 0.261 e. The number of carbonyl (C=O) groups excluding carboxylic acids is 1. The van der Waals surface area contributed by atoms with E-state index in [1.807, 2.05) is 6.92 Å². The number of amides is 1. The molecule has 0 aliphatic rings. The number of hydrogen-bond donors (Lipinski definition) is 1. The smallest absolute Gasteiger partial charge is 0.261 e. The molecule has 0 saturated heterocycles. The summed E-state index contributed by atoms with van der Waals surface area (Å²) in [6, 6.07) is 8.61. The molecule has 1 heterocycles. The van der Waals surface area contributed by atoms with E-state index in [-0.39, 0.29) is 11.0 Å². The molecule has 0 bridgehead atoms. The number of anilines is 1. The van der Waals surface area contributed by atoms with Crippen LogP contribution in [0.4, 0.5) is 5.69 Å². The Morgan fingerprint density at radius 2 is 1.93 bits per heavy atom. The molecule has 0 spiro atoms. The Labute approximate surface area is 166 Å². The van der Waals surface area contributed by atoms with Crippen molar-refractivity contribution < 1.29 is 4.79 Å². The van der Waals surface area contributed by atoms with E-state index < -0.39 is 5.91 Å². The second kappa shape index (κ2) is 9.75. The van der Waals surface area contributed by atoms with Gasteiger partial charge in [-0.15, -0.1) is 0 Å². The Morgan fingerprint density at radius 3 is 2.56 bits per heavy atom. The van der Waals surface area contributed by atoms with Crippen LogP contribution in [0, 0.1) is 12.8 Å². The normalized spacial score (nSPS) is 11.0. The highest BCUT2D eigenvalue weighted by molar-refractivity contribution is 6.33. The number of rotatable bonds is 8. The van der Waals surface area contributed by atoms with E-state index in [0.29, 0.717) is 23.0 Å². The zero-order valence-electron chi connectivity index (χ0n) is 16.6. The van der Waals surface area contributed by atoms with E-state index >= 15 is 0 Å². The van der Waals surface area contributed by atoms with Gasteiger partial charge in [0.05, 0.1) is 10.7 Å². The van der Waals surface area contributed by atoms with Crippen LogP contribution in [0.2, 0.25) is 5.02 Å². The van der Waals surface area contributed by atoms with Crippen LogP contribution in [0.5, 0.6) is 0 Å². The molecule has 2 aromatic rings. The maximum absolute atomic E-state index is 13.0. The Bertz CT molecular complexity index is 856. The van der Waals surface area contributed by atoms with Crippen LogP contribution in [0.1, 0.15) is 61.8 Å². The third-order valence-corrected chi connectivity index (χ3v) is 4.89. The molecule has 0 radical (unpaired) electrons. The zero-order valence-corrected chi connectivity index (χ0v) is 17.4. The molecule has 0 atom stereocenters. The number of hydrogen-bond acceptors (Lipinski definition) is 2. The average molecular weight is 389 g/mol. The summed E-state index contributed by atoms with van der Waals surface area (Å²) in [6.07, 6.45) is 3.94. The predicted molar refractivity (Wildman–Crippen MR) is 113 cm³/mol. The van der Waals surface area contributed by atoms with Crippen molar-refractivity contribution in [2.75, 3.05) is 5.32 Å². The van der Waals surface area contributed by atoms with Gasteiger partial charge in [0.2, 0.25) is 0 Å². The molecule has 0 fully saturated rings. The lowest BCUT2D eigenvalue weighted by Crippen LogP contribution is -2.29. The number of nitrogens with one attached hydrogen (secondary N) is 1. The predicted octanol–water partition coefficient (Wildman–Crippen LogP) is 5.45. The van der Waals surface area contributed by atoms with Crippen molar-refractivity contribution in [3.8, 4) is 0 Å².